The summed E-state index contributed by atoms with van der Waals surface area (Å²) < 4.78 is 4.63. The summed E-state index contributed by atoms with van der Waals surface area (Å²) in [7, 11) is 1.42. The molecule has 0 aliphatic carbocycles. The van der Waals surface area contributed by atoms with E-state index in [0.29, 0.717) is 12.8 Å². The number of unbranched alkanes of at least 4 members (excludes halogenated alkanes) is 3. The van der Waals surface area contributed by atoms with Crippen LogP contribution in [0, 0.1) is 0 Å². The molecule has 26 heavy (non-hydrogen) atoms. The Bertz CT molecular complexity index is 446. The maximum atomic E-state index is 11.8. The second-order valence-corrected chi connectivity index (χ2v) is 6.32. The topological polar surface area (TPSA) is 83.0 Å². The summed E-state index contributed by atoms with van der Waals surface area (Å²) in [5.41, 5.74) is 0. The normalized spacial score (nSPS) is 16.8. The number of hydrogen-bond donors (Lipinski definition) is 2. The molecule has 0 spiro atoms. The average Bonchev–Trinajstić information content (AvgIpc) is 3.08. The van der Waals surface area contributed by atoms with Gasteiger partial charge in [0.1, 0.15) is 0 Å². The third-order valence-electron chi connectivity index (χ3n) is 4.32. The summed E-state index contributed by atoms with van der Waals surface area (Å²) in [5.74, 6) is 0.912. The minimum absolute atomic E-state index is 0. The number of aliphatic imine (C=N–C) groups is 1. The van der Waals surface area contributed by atoms with Gasteiger partial charge in [-0.05, 0) is 26.2 Å². The first-order valence-electron chi connectivity index (χ1n) is 9.50. The molecular weight excluding hydrogens is 447 g/mol. The minimum Gasteiger partial charge on any atom is -0.469 e. The fraction of sp³-hybridized carbons (Fsp3) is 0.833. The van der Waals surface area contributed by atoms with Crippen molar-refractivity contribution in [2.75, 3.05) is 33.3 Å². The van der Waals surface area contributed by atoms with Crippen molar-refractivity contribution in [3.8, 4) is 0 Å². The van der Waals surface area contributed by atoms with Crippen LogP contribution in [0.15, 0.2) is 4.99 Å². The molecule has 0 bridgehead atoms. The molecule has 1 heterocycles. The molecule has 0 aromatic rings. The molecule has 1 rings (SSSR count). The van der Waals surface area contributed by atoms with Gasteiger partial charge in [-0.25, -0.2) is 0 Å². The molecule has 0 radical (unpaired) electrons. The average molecular weight is 482 g/mol. The van der Waals surface area contributed by atoms with Gasteiger partial charge in [0.05, 0.1) is 7.11 Å². The molecule has 1 saturated heterocycles. The molecule has 152 valence electrons. The lowest BCUT2D eigenvalue weighted by Gasteiger charge is -2.18. The van der Waals surface area contributed by atoms with Crippen molar-refractivity contribution < 1.29 is 14.3 Å². The molecule has 8 heteroatoms. The monoisotopic (exact) mass is 482 g/mol. The Hall–Kier alpha value is -1.06. The van der Waals surface area contributed by atoms with Crippen molar-refractivity contribution in [2.45, 2.75) is 64.8 Å². The first-order valence-corrected chi connectivity index (χ1v) is 9.50. The predicted octanol–water partition coefficient (Wildman–Crippen LogP) is 2.29. The maximum Gasteiger partial charge on any atom is 0.305 e. The number of guanidine groups is 1. The van der Waals surface area contributed by atoms with Crippen molar-refractivity contribution in [1.82, 2.24) is 15.5 Å². The first-order chi connectivity index (χ1) is 12.1. The second-order valence-electron chi connectivity index (χ2n) is 6.32. The van der Waals surface area contributed by atoms with Crippen LogP contribution in [-0.2, 0) is 14.3 Å². The largest absolute Gasteiger partial charge is 0.469 e. The number of nitrogens with zero attached hydrogens (tertiary/aromatic N) is 2. The highest BCUT2D eigenvalue weighted by molar-refractivity contribution is 14.0. The third-order valence-corrected chi connectivity index (χ3v) is 4.32. The standard InChI is InChI=1S/C18H34N4O3.HI/c1-4-16(23)22-13-11-15(14-22)21-18(19-5-2)20-12-9-7-6-8-10-17(24)25-3;/h15H,4-14H2,1-3H3,(H2,19,20,21);1H. The summed E-state index contributed by atoms with van der Waals surface area (Å²) in [6.45, 7) is 7.10. The molecule has 2 N–H and O–H groups in total. The Labute approximate surface area is 174 Å². The Balaban J connectivity index is 0.00000625. The molecule has 1 aliphatic rings. The van der Waals surface area contributed by atoms with Crippen molar-refractivity contribution in [1.29, 1.82) is 0 Å². The molecule has 0 aromatic heterocycles. The first kappa shape index (κ1) is 24.9. The lowest BCUT2D eigenvalue weighted by molar-refractivity contribution is -0.140. The lowest BCUT2D eigenvalue weighted by atomic mass is 10.1. The number of amides is 1. The van der Waals surface area contributed by atoms with Crippen LogP contribution in [0.25, 0.3) is 0 Å². The molecule has 0 aromatic carbocycles. The summed E-state index contributed by atoms with van der Waals surface area (Å²) in [5, 5.41) is 6.70. The van der Waals surface area contributed by atoms with E-state index in [4.69, 9.17) is 0 Å². The molecule has 0 saturated carbocycles. The molecule has 1 amide bonds. The predicted molar refractivity (Wildman–Crippen MR) is 115 cm³/mol. The van der Waals surface area contributed by atoms with Crippen LogP contribution in [0.5, 0.6) is 0 Å². The number of nitrogens with one attached hydrogen (secondary N) is 2. The van der Waals surface area contributed by atoms with Gasteiger partial charge in [-0.2, -0.15) is 0 Å². The van der Waals surface area contributed by atoms with Crippen LogP contribution < -0.4 is 10.6 Å². The van der Waals surface area contributed by atoms with E-state index in [-0.39, 0.29) is 41.9 Å². The number of ether oxygens (including phenoxy) is 1. The van der Waals surface area contributed by atoms with Gasteiger partial charge in [-0.15, -0.1) is 24.0 Å². The van der Waals surface area contributed by atoms with Crippen LogP contribution in [0.1, 0.15) is 58.8 Å². The van der Waals surface area contributed by atoms with Gasteiger partial charge < -0.3 is 20.3 Å². The van der Waals surface area contributed by atoms with E-state index in [1.54, 1.807) is 0 Å². The Morgan fingerprint density at radius 3 is 2.58 bits per heavy atom. The second kappa shape index (κ2) is 15.0. The zero-order chi connectivity index (χ0) is 18.5. The maximum absolute atomic E-state index is 11.8. The smallest absolute Gasteiger partial charge is 0.305 e. The van der Waals surface area contributed by atoms with Crippen LogP contribution in [0.2, 0.25) is 0 Å². The van der Waals surface area contributed by atoms with Gasteiger partial charge in [0.15, 0.2) is 5.96 Å². The van der Waals surface area contributed by atoms with E-state index >= 15 is 0 Å². The fourth-order valence-corrected chi connectivity index (χ4v) is 2.87. The van der Waals surface area contributed by atoms with E-state index in [2.05, 4.69) is 20.4 Å². The van der Waals surface area contributed by atoms with E-state index in [9.17, 15) is 9.59 Å². The summed E-state index contributed by atoms with van der Waals surface area (Å²) in [6.07, 6.45) is 5.98. The van der Waals surface area contributed by atoms with Gasteiger partial charge in [-0.3, -0.25) is 14.6 Å². The van der Waals surface area contributed by atoms with E-state index in [0.717, 1.165) is 64.2 Å². The van der Waals surface area contributed by atoms with Crippen LogP contribution in [-0.4, -0.2) is 62.1 Å². The number of carbonyl (C=O) groups is 2. The summed E-state index contributed by atoms with van der Waals surface area (Å²) >= 11 is 0. The summed E-state index contributed by atoms with van der Waals surface area (Å²) in [6, 6.07) is 0.272. The highest BCUT2D eigenvalue weighted by atomic mass is 127. The number of halogens is 1. The van der Waals surface area contributed by atoms with Crippen molar-refractivity contribution in [2.24, 2.45) is 4.99 Å². The quantitative estimate of drug-likeness (QED) is 0.164. The minimum atomic E-state index is -0.135. The zero-order valence-electron chi connectivity index (χ0n) is 16.4. The molecule has 1 atom stereocenters. The Kier molecular flexibility index (Phi) is 14.4. The number of likely N-dealkylation sites (tertiary alicyclic amines) is 1. The Morgan fingerprint density at radius 1 is 1.19 bits per heavy atom. The highest BCUT2D eigenvalue weighted by Gasteiger charge is 2.25. The SMILES string of the molecule is CCNC(=NCCCCCCC(=O)OC)NC1CCN(C(=O)CC)C1.I. The fourth-order valence-electron chi connectivity index (χ4n) is 2.87. The van der Waals surface area contributed by atoms with Crippen molar-refractivity contribution >= 4 is 41.8 Å². The Morgan fingerprint density at radius 2 is 1.92 bits per heavy atom. The van der Waals surface area contributed by atoms with Crippen molar-refractivity contribution in [3.63, 3.8) is 0 Å². The number of hydrogen-bond acceptors (Lipinski definition) is 4. The van der Waals surface area contributed by atoms with Crippen molar-refractivity contribution in [3.05, 3.63) is 0 Å². The van der Waals surface area contributed by atoms with E-state index in [1.165, 1.54) is 7.11 Å². The van der Waals surface area contributed by atoms with Gasteiger partial charge >= 0.3 is 5.97 Å². The van der Waals surface area contributed by atoms with Crippen LogP contribution >= 0.6 is 24.0 Å². The van der Waals surface area contributed by atoms with Gasteiger partial charge in [-0.1, -0.05) is 19.8 Å². The highest BCUT2D eigenvalue weighted by Crippen LogP contribution is 2.10. The molecule has 1 unspecified atom stereocenters. The van der Waals surface area contributed by atoms with Gasteiger partial charge in [0.2, 0.25) is 5.91 Å². The van der Waals surface area contributed by atoms with Gasteiger partial charge in [0, 0.05) is 45.1 Å². The number of carbonyl (C=O) groups excluding carboxylic acids is 2. The molecule has 7 nitrogen and oxygen atoms in total. The van der Waals surface area contributed by atoms with Gasteiger partial charge in [0.25, 0.3) is 0 Å². The lowest BCUT2D eigenvalue weighted by Crippen LogP contribution is -2.45. The van der Waals surface area contributed by atoms with E-state index < -0.39 is 0 Å². The number of rotatable bonds is 10. The number of esters is 1. The van der Waals surface area contributed by atoms with Crippen LogP contribution in [0.4, 0.5) is 0 Å². The number of methoxy groups -OCH3 is 1. The van der Waals surface area contributed by atoms with Crippen LogP contribution in [0.3, 0.4) is 0 Å². The zero-order valence-corrected chi connectivity index (χ0v) is 18.7. The van der Waals surface area contributed by atoms with E-state index in [1.807, 2.05) is 18.7 Å². The summed E-state index contributed by atoms with van der Waals surface area (Å²) in [4.78, 5) is 29.3. The third kappa shape index (κ3) is 10.2. The molecule has 1 aliphatic heterocycles. The molecular formula is C18H35IN4O3. The molecule has 1 fully saturated rings.